The Morgan fingerprint density at radius 1 is 1.48 bits per heavy atom. The van der Waals surface area contributed by atoms with Gasteiger partial charge in [-0.2, -0.15) is 0 Å². The fraction of sp³-hybridized carbons (Fsp3) is 0.467. The lowest BCUT2D eigenvalue weighted by atomic mass is 10.1. The third-order valence-corrected chi connectivity index (χ3v) is 3.51. The normalized spacial score (nSPS) is 17.5. The number of carboxylic acid groups (broad SMARTS) is 1. The molecule has 0 bridgehead atoms. The number of nitrogens with zero attached hydrogens (tertiary/aromatic N) is 1. The SMILES string of the molecule is CC(CN(C)C(=O)NCC1Cc2ccccc2O1)C(=O)O. The van der Waals surface area contributed by atoms with Gasteiger partial charge in [0.05, 0.1) is 12.5 Å². The first-order valence-electron chi connectivity index (χ1n) is 6.93. The quantitative estimate of drug-likeness (QED) is 0.858. The van der Waals surface area contributed by atoms with Gasteiger partial charge in [-0.1, -0.05) is 25.1 Å². The minimum Gasteiger partial charge on any atom is -0.488 e. The summed E-state index contributed by atoms with van der Waals surface area (Å²) in [6, 6.07) is 7.52. The van der Waals surface area contributed by atoms with E-state index in [1.165, 1.54) is 4.90 Å². The molecule has 0 aliphatic carbocycles. The number of rotatable bonds is 5. The van der Waals surface area contributed by atoms with E-state index in [-0.39, 0.29) is 18.7 Å². The highest BCUT2D eigenvalue weighted by Gasteiger charge is 2.23. The molecule has 2 atom stereocenters. The van der Waals surface area contributed by atoms with E-state index in [1.807, 2.05) is 24.3 Å². The summed E-state index contributed by atoms with van der Waals surface area (Å²) < 4.78 is 5.73. The number of carboxylic acids is 1. The van der Waals surface area contributed by atoms with Crippen molar-refractivity contribution in [3.8, 4) is 5.75 Å². The van der Waals surface area contributed by atoms with Crippen LogP contribution >= 0.6 is 0 Å². The maximum absolute atomic E-state index is 11.9. The Kier molecular flexibility index (Phi) is 4.67. The van der Waals surface area contributed by atoms with Gasteiger partial charge in [0.1, 0.15) is 11.9 Å². The Morgan fingerprint density at radius 3 is 2.86 bits per heavy atom. The summed E-state index contributed by atoms with van der Waals surface area (Å²) in [5.74, 6) is -0.637. The number of urea groups is 1. The number of benzene rings is 1. The standard InChI is InChI=1S/C15H20N2O4/c1-10(14(18)19)9-17(2)15(20)16-8-12-7-11-5-3-4-6-13(11)21-12/h3-6,10,12H,7-9H2,1-2H3,(H,16,20)(H,18,19). The number of carbonyl (C=O) groups is 2. The molecule has 0 saturated carbocycles. The average Bonchev–Trinajstić information content (AvgIpc) is 2.87. The molecule has 2 N–H and O–H groups in total. The maximum atomic E-state index is 11.9. The molecule has 0 saturated heterocycles. The molecule has 1 aliphatic rings. The first kappa shape index (κ1) is 15.2. The van der Waals surface area contributed by atoms with Gasteiger partial charge in [0.25, 0.3) is 0 Å². The summed E-state index contributed by atoms with van der Waals surface area (Å²) in [4.78, 5) is 24.0. The van der Waals surface area contributed by atoms with Crippen LogP contribution in [0.4, 0.5) is 4.79 Å². The molecular weight excluding hydrogens is 272 g/mol. The molecule has 2 rings (SSSR count). The van der Waals surface area contributed by atoms with Gasteiger partial charge in [0.2, 0.25) is 0 Å². The molecular formula is C15H20N2O4. The average molecular weight is 292 g/mol. The van der Waals surface area contributed by atoms with E-state index in [2.05, 4.69) is 5.32 Å². The molecule has 0 spiro atoms. The van der Waals surface area contributed by atoms with E-state index in [4.69, 9.17) is 9.84 Å². The van der Waals surface area contributed by atoms with Crippen LogP contribution < -0.4 is 10.1 Å². The van der Waals surface area contributed by atoms with Crippen molar-refractivity contribution in [1.82, 2.24) is 10.2 Å². The minimum absolute atomic E-state index is 0.0725. The first-order valence-corrected chi connectivity index (χ1v) is 6.93. The molecule has 0 aromatic heterocycles. The zero-order valence-electron chi connectivity index (χ0n) is 12.2. The van der Waals surface area contributed by atoms with E-state index >= 15 is 0 Å². The van der Waals surface area contributed by atoms with Crippen LogP contribution in [0.1, 0.15) is 12.5 Å². The monoisotopic (exact) mass is 292 g/mol. The van der Waals surface area contributed by atoms with Crippen LogP contribution in [0.15, 0.2) is 24.3 Å². The lowest BCUT2D eigenvalue weighted by Gasteiger charge is -2.21. The molecule has 2 unspecified atom stereocenters. The Morgan fingerprint density at radius 2 is 2.19 bits per heavy atom. The molecule has 1 aliphatic heterocycles. The second-order valence-corrected chi connectivity index (χ2v) is 5.36. The molecule has 1 aromatic carbocycles. The van der Waals surface area contributed by atoms with Crippen LogP contribution in [-0.4, -0.2) is 48.2 Å². The summed E-state index contributed by atoms with van der Waals surface area (Å²) in [5, 5.41) is 11.6. The van der Waals surface area contributed by atoms with E-state index in [9.17, 15) is 9.59 Å². The molecule has 6 heteroatoms. The highest BCUT2D eigenvalue weighted by molar-refractivity contribution is 5.75. The van der Waals surface area contributed by atoms with Crippen LogP contribution in [0, 0.1) is 5.92 Å². The zero-order chi connectivity index (χ0) is 15.4. The first-order chi connectivity index (χ1) is 9.97. The van der Waals surface area contributed by atoms with Crippen molar-refractivity contribution < 1.29 is 19.4 Å². The van der Waals surface area contributed by atoms with E-state index in [0.717, 1.165) is 17.7 Å². The number of para-hydroxylation sites is 1. The van der Waals surface area contributed by atoms with Gasteiger partial charge in [0.15, 0.2) is 0 Å². The van der Waals surface area contributed by atoms with Crippen molar-refractivity contribution in [3.63, 3.8) is 0 Å². The van der Waals surface area contributed by atoms with Crippen LogP contribution in [0.2, 0.25) is 0 Å². The summed E-state index contributed by atoms with van der Waals surface area (Å²) in [5.41, 5.74) is 1.14. The number of aliphatic carboxylic acids is 1. The topological polar surface area (TPSA) is 78.9 Å². The van der Waals surface area contributed by atoms with Crippen molar-refractivity contribution in [3.05, 3.63) is 29.8 Å². The van der Waals surface area contributed by atoms with Gasteiger partial charge < -0.3 is 20.1 Å². The molecule has 114 valence electrons. The number of carbonyl (C=O) groups excluding carboxylic acids is 1. The number of hydrogen-bond acceptors (Lipinski definition) is 3. The van der Waals surface area contributed by atoms with Crippen LogP contribution in [0.25, 0.3) is 0 Å². The smallest absolute Gasteiger partial charge is 0.317 e. The molecule has 1 aromatic rings. The summed E-state index contributed by atoms with van der Waals surface area (Å²) in [6.45, 7) is 2.15. The summed E-state index contributed by atoms with van der Waals surface area (Å²) >= 11 is 0. The van der Waals surface area contributed by atoms with Crippen LogP contribution in [0.3, 0.4) is 0 Å². The summed E-state index contributed by atoms with van der Waals surface area (Å²) in [7, 11) is 1.58. The Labute approximate surface area is 123 Å². The van der Waals surface area contributed by atoms with Crippen molar-refractivity contribution in [2.24, 2.45) is 5.92 Å². The van der Waals surface area contributed by atoms with Crippen molar-refractivity contribution in [2.75, 3.05) is 20.1 Å². The highest BCUT2D eigenvalue weighted by Crippen LogP contribution is 2.27. The number of ether oxygens (including phenoxy) is 1. The number of hydrogen-bond donors (Lipinski definition) is 2. The van der Waals surface area contributed by atoms with Crippen LogP contribution in [0.5, 0.6) is 5.75 Å². The second kappa shape index (κ2) is 6.47. The van der Waals surface area contributed by atoms with Crippen molar-refractivity contribution in [1.29, 1.82) is 0 Å². The molecule has 0 fully saturated rings. The van der Waals surface area contributed by atoms with E-state index in [0.29, 0.717) is 6.54 Å². The fourth-order valence-corrected chi connectivity index (χ4v) is 2.28. The Hall–Kier alpha value is -2.24. The predicted octanol–water partition coefficient (Wildman–Crippen LogP) is 1.35. The largest absolute Gasteiger partial charge is 0.488 e. The zero-order valence-corrected chi connectivity index (χ0v) is 12.2. The molecule has 21 heavy (non-hydrogen) atoms. The van der Waals surface area contributed by atoms with Gasteiger partial charge in [0, 0.05) is 20.0 Å². The molecule has 0 radical (unpaired) electrons. The number of amides is 2. The van der Waals surface area contributed by atoms with E-state index in [1.54, 1.807) is 14.0 Å². The number of fused-ring (bicyclic) bond motifs is 1. The van der Waals surface area contributed by atoms with Gasteiger partial charge in [-0.25, -0.2) is 4.79 Å². The third-order valence-electron chi connectivity index (χ3n) is 3.51. The van der Waals surface area contributed by atoms with Gasteiger partial charge in [-0.15, -0.1) is 0 Å². The molecule has 1 heterocycles. The number of nitrogens with one attached hydrogen (secondary N) is 1. The summed E-state index contributed by atoms with van der Waals surface area (Å²) in [6.07, 6.45) is 0.697. The van der Waals surface area contributed by atoms with Gasteiger partial charge >= 0.3 is 12.0 Å². The third kappa shape index (κ3) is 3.87. The van der Waals surface area contributed by atoms with Gasteiger partial charge in [-0.3, -0.25) is 4.79 Å². The predicted molar refractivity (Wildman–Crippen MR) is 77.4 cm³/mol. The molecule has 2 amide bonds. The van der Waals surface area contributed by atoms with E-state index < -0.39 is 11.9 Å². The Balaban J connectivity index is 1.76. The maximum Gasteiger partial charge on any atom is 0.317 e. The van der Waals surface area contributed by atoms with Gasteiger partial charge in [-0.05, 0) is 11.6 Å². The molecule has 6 nitrogen and oxygen atoms in total. The Bertz CT molecular complexity index is 507. The van der Waals surface area contributed by atoms with Crippen LogP contribution in [-0.2, 0) is 11.2 Å². The lowest BCUT2D eigenvalue weighted by Crippen LogP contribution is -2.44. The second-order valence-electron chi connectivity index (χ2n) is 5.36. The lowest BCUT2D eigenvalue weighted by molar-refractivity contribution is -0.141. The van der Waals surface area contributed by atoms with Crippen molar-refractivity contribution in [2.45, 2.75) is 19.4 Å². The highest BCUT2D eigenvalue weighted by atomic mass is 16.5. The fourth-order valence-electron chi connectivity index (χ4n) is 2.28. The van der Waals surface area contributed by atoms with Crippen molar-refractivity contribution >= 4 is 12.0 Å². The minimum atomic E-state index is -0.913.